The minimum Gasteiger partial charge on any atom is -0.384 e. The number of hydrogen-bond donors (Lipinski definition) is 0. The third kappa shape index (κ3) is 7.38. The van der Waals surface area contributed by atoms with Crippen LogP contribution in [-0.4, -0.2) is 13.7 Å². The van der Waals surface area contributed by atoms with Gasteiger partial charge in [-0.25, -0.2) is 0 Å². The molecule has 0 aliphatic heterocycles. The van der Waals surface area contributed by atoms with Crippen LogP contribution in [0, 0.1) is 11.8 Å². The third-order valence-corrected chi connectivity index (χ3v) is 8.87. The molecule has 1 nitrogen and oxygen atoms in total. The molecule has 0 heterocycles. The van der Waals surface area contributed by atoms with Gasteiger partial charge in [0, 0.05) is 13.7 Å². The lowest BCUT2D eigenvalue weighted by Gasteiger charge is -2.34. The number of rotatable bonds is 13. The van der Waals surface area contributed by atoms with Crippen LogP contribution >= 0.6 is 0 Å². The topological polar surface area (TPSA) is 9.23 Å². The van der Waals surface area contributed by atoms with Crippen molar-refractivity contribution in [3.63, 3.8) is 0 Å². The van der Waals surface area contributed by atoms with E-state index in [2.05, 4.69) is 81.9 Å². The first-order valence-corrected chi connectivity index (χ1v) is 15.3. The standard InChI is InChI=1S/C37H50O/c1-6-8-9-11-28-16-17-33(23-31(28)10-7-2)36-21-20-34-24-32(18-19-35(34)25-36)29-12-14-30(15-13-29)37(26-38-5)22-27(3)4/h16-21,23-25,29-30,37H,3,6-15,22,26H2,1-2,4-5H3. The summed E-state index contributed by atoms with van der Waals surface area (Å²) in [6.07, 6.45) is 13.8. The zero-order valence-electron chi connectivity index (χ0n) is 24.5. The van der Waals surface area contributed by atoms with E-state index in [0.717, 1.165) is 18.9 Å². The minimum absolute atomic E-state index is 0.622. The largest absolute Gasteiger partial charge is 0.384 e. The van der Waals surface area contributed by atoms with Crippen LogP contribution in [0.1, 0.15) is 101 Å². The smallest absolute Gasteiger partial charge is 0.0496 e. The fourth-order valence-corrected chi connectivity index (χ4v) is 6.76. The molecule has 0 spiro atoms. The van der Waals surface area contributed by atoms with E-state index in [1.807, 2.05) is 7.11 Å². The molecule has 3 aromatic rings. The maximum absolute atomic E-state index is 5.56. The van der Waals surface area contributed by atoms with Gasteiger partial charge in [0.1, 0.15) is 0 Å². The molecule has 1 atom stereocenters. The Labute approximate surface area is 232 Å². The predicted octanol–water partition coefficient (Wildman–Crippen LogP) is 10.7. The van der Waals surface area contributed by atoms with Crippen molar-refractivity contribution in [2.24, 2.45) is 11.8 Å². The Morgan fingerprint density at radius 2 is 1.53 bits per heavy atom. The van der Waals surface area contributed by atoms with Crippen molar-refractivity contribution < 1.29 is 4.74 Å². The van der Waals surface area contributed by atoms with Gasteiger partial charge in [-0.3, -0.25) is 0 Å². The predicted molar refractivity (Wildman–Crippen MR) is 166 cm³/mol. The first-order chi connectivity index (χ1) is 18.5. The number of allylic oxidation sites excluding steroid dienone is 1. The molecule has 1 fully saturated rings. The van der Waals surface area contributed by atoms with Gasteiger partial charge in [0.15, 0.2) is 0 Å². The van der Waals surface area contributed by atoms with Gasteiger partial charge >= 0.3 is 0 Å². The molecule has 3 aromatic carbocycles. The number of benzene rings is 3. The molecular formula is C37H50O. The summed E-state index contributed by atoms with van der Waals surface area (Å²) in [6.45, 7) is 11.8. The van der Waals surface area contributed by atoms with Crippen LogP contribution in [0.2, 0.25) is 0 Å². The minimum atomic E-state index is 0.622. The molecule has 1 unspecified atom stereocenters. The van der Waals surface area contributed by atoms with Crippen LogP contribution in [0.25, 0.3) is 21.9 Å². The van der Waals surface area contributed by atoms with Crippen LogP contribution in [0.4, 0.5) is 0 Å². The molecule has 0 N–H and O–H groups in total. The van der Waals surface area contributed by atoms with Crippen molar-refractivity contribution in [3.05, 3.63) is 83.4 Å². The van der Waals surface area contributed by atoms with Crippen molar-refractivity contribution in [1.82, 2.24) is 0 Å². The summed E-state index contributed by atoms with van der Waals surface area (Å²) in [4.78, 5) is 0. The van der Waals surface area contributed by atoms with E-state index in [0.29, 0.717) is 11.8 Å². The number of hydrogen-bond acceptors (Lipinski definition) is 1. The molecule has 0 bridgehead atoms. The van der Waals surface area contributed by atoms with Gasteiger partial charge in [-0.05, 0) is 121 Å². The summed E-state index contributed by atoms with van der Waals surface area (Å²) in [5.41, 5.74) is 8.60. The summed E-state index contributed by atoms with van der Waals surface area (Å²) >= 11 is 0. The number of methoxy groups -OCH3 is 1. The first kappa shape index (κ1) is 28.6. The lowest BCUT2D eigenvalue weighted by molar-refractivity contribution is 0.101. The molecule has 0 saturated heterocycles. The Morgan fingerprint density at radius 3 is 2.24 bits per heavy atom. The zero-order chi connectivity index (χ0) is 26.9. The van der Waals surface area contributed by atoms with Crippen LogP contribution in [0.3, 0.4) is 0 Å². The highest BCUT2D eigenvalue weighted by Crippen LogP contribution is 2.41. The quantitative estimate of drug-likeness (QED) is 0.164. The molecule has 1 saturated carbocycles. The van der Waals surface area contributed by atoms with E-state index in [1.54, 1.807) is 11.1 Å². The third-order valence-electron chi connectivity index (χ3n) is 8.87. The number of fused-ring (bicyclic) bond motifs is 1. The van der Waals surface area contributed by atoms with E-state index < -0.39 is 0 Å². The molecule has 0 radical (unpaired) electrons. The van der Waals surface area contributed by atoms with Gasteiger partial charge in [-0.15, -0.1) is 6.58 Å². The number of unbranched alkanes of at least 4 members (excludes halogenated alkanes) is 2. The Balaban J connectivity index is 1.46. The van der Waals surface area contributed by atoms with Crippen LogP contribution < -0.4 is 0 Å². The summed E-state index contributed by atoms with van der Waals surface area (Å²) in [5, 5.41) is 2.73. The van der Waals surface area contributed by atoms with Crippen molar-refractivity contribution in [2.75, 3.05) is 13.7 Å². The number of ether oxygens (including phenoxy) is 1. The molecule has 1 aliphatic rings. The van der Waals surface area contributed by atoms with Gasteiger partial charge in [-0.2, -0.15) is 0 Å². The summed E-state index contributed by atoms with van der Waals surface area (Å²) in [6, 6.07) is 21.5. The van der Waals surface area contributed by atoms with Gasteiger partial charge in [-0.1, -0.05) is 87.2 Å². The average molecular weight is 511 g/mol. The van der Waals surface area contributed by atoms with Crippen LogP contribution in [0.5, 0.6) is 0 Å². The first-order valence-electron chi connectivity index (χ1n) is 15.3. The second-order valence-corrected chi connectivity index (χ2v) is 12.0. The Morgan fingerprint density at radius 1 is 0.816 bits per heavy atom. The van der Waals surface area contributed by atoms with Crippen LogP contribution in [-0.2, 0) is 17.6 Å². The average Bonchev–Trinajstić information content (AvgIpc) is 2.93. The van der Waals surface area contributed by atoms with Crippen LogP contribution in [0.15, 0.2) is 66.7 Å². The summed E-state index contributed by atoms with van der Waals surface area (Å²) in [5.74, 6) is 2.07. The van der Waals surface area contributed by atoms with Gasteiger partial charge in [0.05, 0.1) is 0 Å². The molecule has 0 aromatic heterocycles. The Bertz CT molecular complexity index is 1180. The molecule has 0 amide bonds. The van der Waals surface area contributed by atoms with E-state index >= 15 is 0 Å². The van der Waals surface area contributed by atoms with E-state index in [-0.39, 0.29) is 0 Å². The summed E-state index contributed by atoms with van der Waals surface area (Å²) in [7, 11) is 1.84. The fourth-order valence-electron chi connectivity index (χ4n) is 6.76. The Kier molecular flexibility index (Phi) is 10.6. The highest BCUT2D eigenvalue weighted by atomic mass is 16.5. The Hall–Kier alpha value is -2.38. The fraction of sp³-hybridized carbons (Fsp3) is 0.514. The van der Waals surface area contributed by atoms with E-state index in [1.165, 1.54) is 97.2 Å². The zero-order valence-corrected chi connectivity index (χ0v) is 24.5. The van der Waals surface area contributed by atoms with Crippen molar-refractivity contribution >= 4 is 10.8 Å². The highest BCUT2D eigenvalue weighted by molar-refractivity contribution is 5.88. The number of aryl methyl sites for hydroxylation is 2. The summed E-state index contributed by atoms with van der Waals surface area (Å²) < 4.78 is 5.56. The van der Waals surface area contributed by atoms with E-state index in [9.17, 15) is 0 Å². The van der Waals surface area contributed by atoms with Gasteiger partial charge in [0.2, 0.25) is 0 Å². The van der Waals surface area contributed by atoms with Crippen molar-refractivity contribution in [1.29, 1.82) is 0 Å². The van der Waals surface area contributed by atoms with E-state index in [4.69, 9.17) is 4.74 Å². The lowest BCUT2D eigenvalue weighted by Crippen LogP contribution is -2.24. The molecule has 4 rings (SSSR count). The monoisotopic (exact) mass is 510 g/mol. The molecule has 1 heteroatoms. The van der Waals surface area contributed by atoms with Gasteiger partial charge in [0.25, 0.3) is 0 Å². The second kappa shape index (κ2) is 14.1. The SMILES string of the molecule is C=C(C)CC(COC)C1CCC(c2ccc3cc(-c4ccc(CCCCC)c(CCC)c4)ccc3c2)CC1. The maximum Gasteiger partial charge on any atom is 0.0496 e. The molecule has 204 valence electrons. The normalized spacial score (nSPS) is 18.5. The maximum atomic E-state index is 5.56. The molecule has 38 heavy (non-hydrogen) atoms. The highest BCUT2D eigenvalue weighted by Gasteiger charge is 2.28. The lowest BCUT2D eigenvalue weighted by atomic mass is 9.72. The molecular weight excluding hydrogens is 460 g/mol. The second-order valence-electron chi connectivity index (χ2n) is 12.0. The van der Waals surface area contributed by atoms with Crippen molar-refractivity contribution in [3.8, 4) is 11.1 Å². The molecule has 1 aliphatic carbocycles. The van der Waals surface area contributed by atoms with Gasteiger partial charge < -0.3 is 4.74 Å². The van der Waals surface area contributed by atoms with Crippen molar-refractivity contribution in [2.45, 2.75) is 97.3 Å².